The summed E-state index contributed by atoms with van der Waals surface area (Å²) in [4.78, 5) is 23.0. The van der Waals surface area contributed by atoms with Crippen LogP contribution in [0.4, 0.5) is 0 Å². The van der Waals surface area contributed by atoms with E-state index in [0.717, 1.165) is 19.3 Å². The number of carboxylic acids is 1. The molecule has 0 fully saturated rings. The van der Waals surface area contributed by atoms with Crippen LogP contribution in [0.2, 0.25) is 0 Å². The number of amides is 1. The smallest absolute Gasteiger partial charge is 0.326 e. The molecule has 94 valence electrons. The maximum absolute atomic E-state index is 11.0. The van der Waals surface area contributed by atoms with Crippen LogP contribution < -0.4 is 0 Å². The second kappa shape index (κ2) is 9.19. The van der Waals surface area contributed by atoms with E-state index in [-0.39, 0.29) is 0 Å². The number of rotatable bonds is 10. The van der Waals surface area contributed by atoms with E-state index < -0.39 is 12.0 Å². The molecule has 4 heteroatoms. The SMILES string of the molecule is CCCCCCCC(C(=O)O)N(C=O)CC. The Balaban J connectivity index is 3.94. The highest BCUT2D eigenvalue weighted by atomic mass is 16.4. The molecule has 0 rings (SSSR count). The minimum atomic E-state index is -0.899. The normalized spacial score (nSPS) is 12.1. The van der Waals surface area contributed by atoms with Gasteiger partial charge in [-0.3, -0.25) is 4.79 Å². The van der Waals surface area contributed by atoms with Crippen LogP contribution >= 0.6 is 0 Å². The molecule has 0 saturated carbocycles. The zero-order chi connectivity index (χ0) is 12.4. The minimum Gasteiger partial charge on any atom is -0.480 e. The van der Waals surface area contributed by atoms with Gasteiger partial charge in [-0.25, -0.2) is 4.79 Å². The van der Waals surface area contributed by atoms with Gasteiger partial charge in [0.1, 0.15) is 6.04 Å². The number of carboxylic acid groups (broad SMARTS) is 1. The predicted molar refractivity (Wildman–Crippen MR) is 63.2 cm³/mol. The van der Waals surface area contributed by atoms with Crippen LogP contribution in [0.5, 0.6) is 0 Å². The third kappa shape index (κ3) is 5.73. The number of likely N-dealkylation sites (N-methyl/N-ethyl adjacent to an activating group) is 1. The Morgan fingerprint density at radius 1 is 1.25 bits per heavy atom. The average Bonchev–Trinajstić information content (AvgIpc) is 2.27. The molecule has 0 aromatic carbocycles. The number of carbonyl (C=O) groups excluding carboxylic acids is 1. The van der Waals surface area contributed by atoms with Gasteiger partial charge in [-0.15, -0.1) is 0 Å². The molecule has 0 heterocycles. The summed E-state index contributed by atoms with van der Waals surface area (Å²) in [5.41, 5.74) is 0. The topological polar surface area (TPSA) is 57.6 Å². The van der Waals surface area contributed by atoms with Gasteiger partial charge in [-0.2, -0.15) is 0 Å². The summed E-state index contributed by atoms with van der Waals surface area (Å²) in [6.45, 7) is 4.39. The van der Waals surface area contributed by atoms with Crippen molar-refractivity contribution < 1.29 is 14.7 Å². The molecule has 0 aliphatic carbocycles. The molecule has 4 nitrogen and oxygen atoms in total. The lowest BCUT2D eigenvalue weighted by molar-refractivity contribution is -0.146. The van der Waals surface area contributed by atoms with Gasteiger partial charge in [0.15, 0.2) is 0 Å². The van der Waals surface area contributed by atoms with Gasteiger partial charge >= 0.3 is 5.97 Å². The zero-order valence-corrected chi connectivity index (χ0v) is 10.3. The summed E-state index contributed by atoms with van der Waals surface area (Å²) < 4.78 is 0. The van der Waals surface area contributed by atoms with Crippen LogP contribution in [-0.2, 0) is 9.59 Å². The molecule has 0 radical (unpaired) electrons. The summed E-state index contributed by atoms with van der Waals surface area (Å²) in [7, 11) is 0. The maximum atomic E-state index is 11.0. The first-order valence-corrected chi connectivity index (χ1v) is 6.11. The van der Waals surface area contributed by atoms with Crippen LogP contribution in [0.3, 0.4) is 0 Å². The lowest BCUT2D eigenvalue weighted by atomic mass is 10.1. The summed E-state index contributed by atoms with van der Waals surface area (Å²) in [5, 5.41) is 9.01. The van der Waals surface area contributed by atoms with Gasteiger partial charge < -0.3 is 10.0 Å². The Kier molecular flexibility index (Phi) is 8.58. The van der Waals surface area contributed by atoms with Crippen molar-refractivity contribution in [1.29, 1.82) is 0 Å². The Morgan fingerprint density at radius 2 is 1.88 bits per heavy atom. The van der Waals surface area contributed by atoms with Crippen molar-refractivity contribution in [1.82, 2.24) is 4.90 Å². The zero-order valence-electron chi connectivity index (χ0n) is 10.3. The molecule has 0 aliphatic heterocycles. The van der Waals surface area contributed by atoms with E-state index in [1.54, 1.807) is 6.92 Å². The first kappa shape index (κ1) is 14.9. The van der Waals surface area contributed by atoms with Gasteiger partial charge in [-0.05, 0) is 13.3 Å². The Hall–Kier alpha value is -1.06. The number of hydrogen-bond donors (Lipinski definition) is 1. The first-order valence-electron chi connectivity index (χ1n) is 6.11. The van der Waals surface area contributed by atoms with Crippen molar-refractivity contribution in [2.45, 2.75) is 58.4 Å². The highest BCUT2D eigenvalue weighted by Gasteiger charge is 2.22. The minimum absolute atomic E-state index is 0.454. The first-order chi connectivity index (χ1) is 7.67. The lowest BCUT2D eigenvalue weighted by Crippen LogP contribution is -2.40. The van der Waals surface area contributed by atoms with E-state index in [1.807, 2.05) is 0 Å². The van der Waals surface area contributed by atoms with Gasteiger partial charge in [0.25, 0.3) is 0 Å². The van der Waals surface area contributed by atoms with Crippen molar-refractivity contribution in [3.05, 3.63) is 0 Å². The van der Waals surface area contributed by atoms with E-state index in [2.05, 4.69) is 6.92 Å². The largest absolute Gasteiger partial charge is 0.480 e. The van der Waals surface area contributed by atoms with Crippen LogP contribution in [0, 0.1) is 0 Å². The fourth-order valence-corrected chi connectivity index (χ4v) is 1.74. The third-order valence-corrected chi connectivity index (χ3v) is 2.77. The highest BCUT2D eigenvalue weighted by molar-refractivity contribution is 5.76. The maximum Gasteiger partial charge on any atom is 0.326 e. The van der Waals surface area contributed by atoms with Crippen molar-refractivity contribution in [3.8, 4) is 0 Å². The average molecular weight is 229 g/mol. The molecular weight excluding hydrogens is 206 g/mol. The van der Waals surface area contributed by atoms with E-state index in [9.17, 15) is 9.59 Å². The molecule has 16 heavy (non-hydrogen) atoms. The van der Waals surface area contributed by atoms with E-state index >= 15 is 0 Å². The molecule has 0 aromatic heterocycles. The van der Waals surface area contributed by atoms with Crippen molar-refractivity contribution in [2.75, 3.05) is 6.54 Å². The van der Waals surface area contributed by atoms with E-state index in [0.29, 0.717) is 19.4 Å². The molecule has 1 N–H and O–H groups in total. The quantitative estimate of drug-likeness (QED) is 0.462. The van der Waals surface area contributed by atoms with Crippen molar-refractivity contribution >= 4 is 12.4 Å². The molecule has 1 atom stereocenters. The molecule has 0 aromatic rings. The Morgan fingerprint density at radius 3 is 2.31 bits per heavy atom. The molecule has 0 spiro atoms. The molecule has 0 saturated heterocycles. The third-order valence-electron chi connectivity index (χ3n) is 2.77. The molecular formula is C12H23NO3. The fourth-order valence-electron chi connectivity index (χ4n) is 1.74. The summed E-state index contributed by atoms with van der Waals surface area (Å²) >= 11 is 0. The summed E-state index contributed by atoms with van der Waals surface area (Å²) in [6, 6.07) is -0.649. The standard InChI is InChI=1S/C12H23NO3/c1-3-5-6-7-8-9-11(12(15)16)13(4-2)10-14/h10-11H,3-9H2,1-2H3,(H,15,16). The van der Waals surface area contributed by atoms with Crippen LogP contribution in [0.25, 0.3) is 0 Å². The van der Waals surface area contributed by atoms with Gasteiger partial charge in [0, 0.05) is 6.54 Å². The number of carbonyl (C=O) groups is 2. The second-order valence-electron chi connectivity index (χ2n) is 3.99. The second-order valence-corrected chi connectivity index (χ2v) is 3.99. The van der Waals surface area contributed by atoms with Crippen LogP contribution in [0.1, 0.15) is 52.4 Å². The van der Waals surface area contributed by atoms with E-state index in [1.165, 1.54) is 17.7 Å². The number of nitrogens with zero attached hydrogens (tertiary/aromatic N) is 1. The number of hydrogen-bond acceptors (Lipinski definition) is 2. The van der Waals surface area contributed by atoms with Crippen molar-refractivity contribution in [3.63, 3.8) is 0 Å². The van der Waals surface area contributed by atoms with Gasteiger partial charge in [0.2, 0.25) is 6.41 Å². The molecule has 0 bridgehead atoms. The van der Waals surface area contributed by atoms with Crippen LogP contribution in [-0.4, -0.2) is 35.0 Å². The van der Waals surface area contributed by atoms with Gasteiger partial charge in [-0.1, -0.05) is 39.0 Å². The molecule has 1 unspecified atom stereocenters. The fraction of sp³-hybridized carbons (Fsp3) is 0.833. The van der Waals surface area contributed by atoms with Crippen molar-refractivity contribution in [2.24, 2.45) is 0 Å². The monoisotopic (exact) mass is 229 g/mol. The highest BCUT2D eigenvalue weighted by Crippen LogP contribution is 2.11. The van der Waals surface area contributed by atoms with E-state index in [4.69, 9.17) is 5.11 Å². The number of unbranched alkanes of at least 4 members (excludes halogenated alkanes) is 4. The molecule has 0 aliphatic rings. The molecule has 1 amide bonds. The Bertz CT molecular complexity index is 206. The number of aliphatic carboxylic acids is 1. The lowest BCUT2D eigenvalue weighted by Gasteiger charge is -2.23. The van der Waals surface area contributed by atoms with Gasteiger partial charge in [0.05, 0.1) is 0 Å². The Labute approximate surface area is 97.6 Å². The van der Waals surface area contributed by atoms with Crippen LogP contribution in [0.15, 0.2) is 0 Å². The predicted octanol–water partition coefficient (Wildman–Crippen LogP) is 2.28. The summed E-state index contributed by atoms with van der Waals surface area (Å²) in [5.74, 6) is -0.899. The summed E-state index contributed by atoms with van der Waals surface area (Å²) in [6.07, 6.45) is 6.64.